The van der Waals surface area contributed by atoms with Crippen LogP contribution in [0.15, 0.2) is 41.3 Å². The third-order valence-electron chi connectivity index (χ3n) is 2.83. The molecule has 0 bridgehead atoms. The lowest BCUT2D eigenvalue weighted by Crippen LogP contribution is -2.13. The highest BCUT2D eigenvalue weighted by molar-refractivity contribution is 7.98. The highest BCUT2D eigenvalue weighted by Gasteiger charge is 2.14. The zero-order valence-corrected chi connectivity index (χ0v) is 12.3. The molecule has 1 amide bonds. The van der Waals surface area contributed by atoms with Crippen LogP contribution in [0.5, 0.6) is 5.75 Å². The zero-order valence-electron chi connectivity index (χ0n) is 11.4. The van der Waals surface area contributed by atoms with Gasteiger partial charge in [-0.1, -0.05) is 0 Å². The average Bonchev–Trinajstić information content (AvgIpc) is 2.50. The van der Waals surface area contributed by atoms with E-state index in [-0.39, 0.29) is 5.69 Å². The van der Waals surface area contributed by atoms with Gasteiger partial charge in [-0.2, -0.15) is 0 Å². The first-order valence-corrected chi connectivity index (χ1v) is 7.26. The van der Waals surface area contributed by atoms with E-state index in [9.17, 15) is 13.6 Å². The summed E-state index contributed by atoms with van der Waals surface area (Å²) in [6, 6.07) is 8.33. The van der Waals surface area contributed by atoms with Crippen molar-refractivity contribution in [3.63, 3.8) is 0 Å². The van der Waals surface area contributed by atoms with Gasteiger partial charge in [-0.05, 0) is 36.6 Å². The predicted octanol–water partition coefficient (Wildman–Crippen LogP) is 3.95. The molecule has 0 aromatic heterocycles. The smallest absolute Gasteiger partial charge is 0.259 e. The minimum Gasteiger partial charge on any atom is -0.496 e. The van der Waals surface area contributed by atoms with Crippen molar-refractivity contribution < 1.29 is 18.3 Å². The van der Waals surface area contributed by atoms with E-state index in [0.29, 0.717) is 11.3 Å². The van der Waals surface area contributed by atoms with Gasteiger partial charge in [-0.3, -0.25) is 4.79 Å². The van der Waals surface area contributed by atoms with Gasteiger partial charge < -0.3 is 10.1 Å². The van der Waals surface area contributed by atoms with E-state index in [0.717, 1.165) is 17.0 Å². The molecule has 2 rings (SSSR count). The Morgan fingerprint density at radius 1 is 1.14 bits per heavy atom. The number of hydrogen-bond donors (Lipinski definition) is 1. The van der Waals surface area contributed by atoms with Crippen molar-refractivity contribution >= 4 is 23.4 Å². The summed E-state index contributed by atoms with van der Waals surface area (Å²) in [5.41, 5.74) is 0.495. The fraction of sp³-hybridized carbons (Fsp3) is 0.133. The van der Waals surface area contributed by atoms with Crippen molar-refractivity contribution in [3.8, 4) is 5.75 Å². The third-order valence-corrected chi connectivity index (χ3v) is 3.56. The fourth-order valence-electron chi connectivity index (χ4n) is 1.76. The van der Waals surface area contributed by atoms with Gasteiger partial charge in [-0.25, -0.2) is 8.78 Å². The third kappa shape index (κ3) is 3.52. The summed E-state index contributed by atoms with van der Waals surface area (Å²) in [6.45, 7) is 0. The van der Waals surface area contributed by atoms with Crippen LogP contribution in [-0.2, 0) is 0 Å². The number of hydrogen-bond acceptors (Lipinski definition) is 3. The van der Waals surface area contributed by atoms with E-state index in [1.165, 1.54) is 24.9 Å². The summed E-state index contributed by atoms with van der Waals surface area (Å²) < 4.78 is 31.2. The summed E-state index contributed by atoms with van der Waals surface area (Å²) in [5.74, 6) is -2.01. The number of nitrogens with one attached hydrogen (secondary N) is 1. The lowest BCUT2D eigenvalue weighted by Gasteiger charge is -2.10. The van der Waals surface area contributed by atoms with Crippen molar-refractivity contribution in [2.75, 3.05) is 18.7 Å². The molecule has 0 aliphatic carbocycles. The Kier molecular flexibility index (Phi) is 4.80. The quantitative estimate of drug-likeness (QED) is 0.869. The number of rotatable bonds is 4. The van der Waals surface area contributed by atoms with Crippen LogP contribution < -0.4 is 10.1 Å². The van der Waals surface area contributed by atoms with E-state index in [1.54, 1.807) is 18.2 Å². The van der Waals surface area contributed by atoms with E-state index in [2.05, 4.69) is 5.32 Å². The highest BCUT2D eigenvalue weighted by atomic mass is 32.2. The van der Waals surface area contributed by atoms with Crippen molar-refractivity contribution in [3.05, 3.63) is 53.6 Å². The van der Waals surface area contributed by atoms with Crippen LogP contribution in [0, 0.1) is 11.6 Å². The molecule has 0 aliphatic rings. The molecule has 0 unspecified atom stereocenters. The number of ether oxygens (including phenoxy) is 1. The van der Waals surface area contributed by atoms with Gasteiger partial charge >= 0.3 is 0 Å². The summed E-state index contributed by atoms with van der Waals surface area (Å²) in [6.07, 6.45) is 1.91. The zero-order chi connectivity index (χ0) is 15.4. The van der Waals surface area contributed by atoms with Gasteiger partial charge in [-0.15, -0.1) is 11.8 Å². The summed E-state index contributed by atoms with van der Waals surface area (Å²) in [4.78, 5) is 13.1. The first kappa shape index (κ1) is 15.3. The SMILES string of the molecule is COc1cc(SC)ccc1C(=O)Nc1ccc(F)c(F)c1. The largest absolute Gasteiger partial charge is 0.496 e. The van der Waals surface area contributed by atoms with Crippen molar-refractivity contribution in [2.24, 2.45) is 0 Å². The summed E-state index contributed by atoms with van der Waals surface area (Å²) in [7, 11) is 1.47. The van der Waals surface area contributed by atoms with Crippen LogP contribution >= 0.6 is 11.8 Å². The minimum atomic E-state index is -1.02. The molecule has 6 heteroatoms. The Hall–Kier alpha value is -2.08. The minimum absolute atomic E-state index is 0.176. The normalized spacial score (nSPS) is 10.3. The average molecular weight is 309 g/mol. The predicted molar refractivity (Wildman–Crippen MR) is 79.1 cm³/mol. The Labute approximate surface area is 125 Å². The van der Waals surface area contributed by atoms with Crippen LogP contribution in [0.3, 0.4) is 0 Å². The van der Waals surface area contributed by atoms with Gasteiger partial charge in [0.2, 0.25) is 0 Å². The van der Waals surface area contributed by atoms with Crippen molar-refractivity contribution in [2.45, 2.75) is 4.90 Å². The molecule has 21 heavy (non-hydrogen) atoms. The van der Waals surface area contributed by atoms with Crippen LogP contribution in [0.4, 0.5) is 14.5 Å². The van der Waals surface area contributed by atoms with Gasteiger partial charge in [0, 0.05) is 16.6 Å². The number of halogens is 2. The molecule has 3 nitrogen and oxygen atoms in total. The number of methoxy groups -OCH3 is 1. The van der Waals surface area contributed by atoms with Crippen LogP contribution in [0.25, 0.3) is 0 Å². The Balaban J connectivity index is 2.25. The van der Waals surface area contributed by atoms with E-state index >= 15 is 0 Å². The Morgan fingerprint density at radius 2 is 1.90 bits per heavy atom. The van der Waals surface area contributed by atoms with Crippen molar-refractivity contribution in [1.29, 1.82) is 0 Å². The topological polar surface area (TPSA) is 38.3 Å². The monoisotopic (exact) mass is 309 g/mol. The molecule has 110 valence electrons. The van der Waals surface area contributed by atoms with Gasteiger partial charge in [0.05, 0.1) is 12.7 Å². The molecular weight excluding hydrogens is 296 g/mol. The number of carbonyl (C=O) groups excluding carboxylic acids is 1. The second-order valence-corrected chi connectivity index (χ2v) is 5.03. The molecule has 2 aromatic carbocycles. The number of anilines is 1. The summed E-state index contributed by atoms with van der Waals surface area (Å²) >= 11 is 1.52. The second kappa shape index (κ2) is 6.58. The maximum atomic E-state index is 13.1. The molecule has 0 spiro atoms. The molecule has 0 saturated carbocycles. The lowest BCUT2D eigenvalue weighted by molar-refractivity contribution is 0.102. The molecule has 0 heterocycles. The number of benzene rings is 2. The first-order chi connectivity index (χ1) is 10.0. The second-order valence-electron chi connectivity index (χ2n) is 4.15. The molecule has 0 aliphatic heterocycles. The van der Waals surface area contributed by atoms with Crippen LogP contribution in [-0.4, -0.2) is 19.3 Å². The molecule has 0 radical (unpaired) electrons. The molecule has 0 atom stereocenters. The Bertz CT molecular complexity index is 677. The Morgan fingerprint density at radius 3 is 2.52 bits per heavy atom. The van der Waals surface area contributed by atoms with Crippen molar-refractivity contribution in [1.82, 2.24) is 0 Å². The van der Waals surface area contributed by atoms with Crippen LogP contribution in [0.1, 0.15) is 10.4 Å². The molecule has 0 fully saturated rings. The van der Waals surface area contributed by atoms with E-state index < -0.39 is 17.5 Å². The van der Waals surface area contributed by atoms with Gasteiger partial charge in [0.15, 0.2) is 11.6 Å². The standard InChI is InChI=1S/C15H13F2NO2S/c1-20-14-8-10(21-2)4-5-11(14)15(19)18-9-3-6-12(16)13(17)7-9/h3-8H,1-2H3,(H,18,19). The molecular formula is C15H13F2NO2S. The van der Waals surface area contributed by atoms with Crippen LogP contribution in [0.2, 0.25) is 0 Å². The first-order valence-electron chi connectivity index (χ1n) is 6.03. The number of carbonyl (C=O) groups is 1. The molecule has 2 aromatic rings. The maximum Gasteiger partial charge on any atom is 0.259 e. The van der Waals surface area contributed by atoms with E-state index in [1.807, 2.05) is 6.26 Å². The highest BCUT2D eigenvalue weighted by Crippen LogP contribution is 2.26. The fourth-order valence-corrected chi connectivity index (χ4v) is 2.19. The lowest BCUT2D eigenvalue weighted by atomic mass is 10.2. The summed E-state index contributed by atoms with van der Waals surface area (Å²) in [5, 5.41) is 2.51. The maximum absolute atomic E-state index is 13.1. The number of thioether (sulfide) groups is 1. The molecule has 1 N–H and O–H groups in total. The van der Waals surface area contributed by atoms with E-state index in [4.69, 9.17) is 4.74 Å². The van der Waals surface area contributed by atoms with Gasteiger partial charge in [0.25, 0.3) is 5.91 Å². The van der Waals surface area contributed by atoms with Gasteiger partial charge in [0.1, 0.15) is 5.75 Å². The molecule has 0 saturated heterocycles. The number of amides is 1.